The monoisotopic (exact) mass is 228 g/mol. The molecule has 0 amide bonds. The Bertz CT molecular complexity index is 329. The summed E-state index contributed by atoms with van der Waals surface area (Å²) in [6, 6.07) is 1.88. The molecule has 0 aliphatic carbocycles. The molecule has 6 heteroatoms. The number of ether oxygens (including phenoxy) is 1. The Balaban J connectivity index is 3.14. The Hall–Kier alpha value is -0.970. The summed E-state index contributed by atoms with van der Waals surface area (Å²) in [7, 11) is 0. The lowest BCUT2D eigenvalue weighted by Gasteiger charge is -2.09. The third kappa shape index (κ3) is 2.29. The lowest BCUT2D eigenvalue weighted by Crippen LogP contribution is -2.07. The Morgan fingerprint density at radius 1 is 1.29 bits per heavy atom. The van der Waals surface area contributed by atoms with Gasteiger partial charge in [-0.25, -0.2) is 4.39 Å². The second-order valence-corrected chi connectivity index (χ2v) is 2.63. The zero-order valence-electron chi connectivity index (χ0n) is 6.74. The average molecular weight is 229 g/mol. The SMILES string of the molecule is Fc1ccc(CCl)c(OC(F)F)c1F. The van der Waals surface area contributed by atoms with Crippen molar-refractivity contribution in [2.24, 2.45) is 0 Å². The summed E-state index contributed by atoms with van der Waals surface area (Å²) in [5.74, 6) is -3.79. The minimum atomic E-state index is -3.21. The van der Waals surface area contributed by atoms with Crippen molar-refractivity contribution in [3.05, 3.63) is 29.3 Å². The first-order chi connectivity index (χ1) is 6.56. The summed E-state index contributed by atoms with van der Waals surface area (Å²) in [6.07, 6.45) is 0. The van der Waals surface area contributed by atoms with Crippen molar-refractivity contribution in [3.8, 4) is 5.75 Å². The summed E-state index contributed by atoms with van der Waals surface area (Å²) in [6.45, 7) is -3.21. The third-order valence-electron chi connectivity index (χ3n) is 1.48. The number of rotatable bonds is 3. The van der Waals surface area contributed by atoms with Crippen LogP contribution < -0.4 is 4.74 Å². The molecule has 0 aliphatic rings. The molecule has 0 radical (unpaired) electrons. The topological polar surface area (TPSA) is 9.23 Å². The van der Waals surface area contributed by atoms with E-state index in [9.17, 15) is 17.6 Å². The molecule has 0 bridgehead atoms. The van der Waals surface area contributed by atoms with Crippen LogP contribution in [0, 0.1) is 11.6 Å². The van der Waals surface area contributed by atoms with E-state index >= 15 is 0 Å². The van der Waals surface area contributed by atoms with Crippen LogP contribution in [0.2, 0.25) is 0 Å². The molecule has 78 valence electrons. The largest absolute Gasteiger partial charge is 0.431 e. The van der Waals surface area contributed by atoms with Gasteiger partial charge in [-0.15, -0.1) is 11.6 Å². The van der Waals surface area contributed by atoms with Gasteiger partial charge in [0.1, 0.15) is 0 Å². The van der Waals surface area contributed by atoms with Crippen LogP contribution in [0.3, 0.4) is 0 Å². The van der Waals surface area contributed by atoms with Crippen LogP contribution in [0.1, 0.15) is 5.56 Å². The predicted molar refractivity (Wildman–Crippen MR) is 42.5 cm³/mol. The lowest BCUT2D eigenvalue weighted by molar-refractivity contribution is -0.0530. The standard InChI is InChI=1S/C8H5ClF4O/c9-3-4-1-2-5(10)6(11)7(4)14-8(12)13/h1-2,8H,3H2. The Labute approximate surface area is 82.2 Å². The Morgan fingerprint density at radius 3 is 2.43 bits per heavy atom. The van der Waals surface area contributed by atoms with Crippen molar-refractivity contribution in [3.63, 3.8) is 0 Å². The van der Waals surface area contributed by atoms with E-state index in [-0.39, 0.29) is 11.4 Å². The first kappa shape index (κ1) is 11.1. The van der Waals surface area contributed by atoms with E-state index in [0.717, 1.165) is 12.1 Å². The smallest absolute Gasteiger partial charge is 0.387 e. The number of halogens is 5. The highest BCUT2D eigenvalue weighted by Crippen LogP contribution is 2.27. The van der Waals surface area contributed by atoms with Crippen LogP contribution in [-0.2, 0) is 5.88 Å². The number of benzene rings is 1. The van der Waals surface area contributed by atoms with E-state index < -0.39 is 24.0 Å². The van der Waals surface area contributed by atoms with Crippen molar-refractivity contribution < 1.29 is 22.3 Å². The second kappa shape index (κ2) is 4.50. The molecule has 0 heterocycles. The van der Waals surface area contributed by atoms with Crippen LogP contribution >= 0.6 is 11.6 Å². The van der Waals surface area contributed by atoms with Crippen LogP contribution in [-0.4, -0.2) is 6.61 Å². The van der Waals surface area contributed by atoms with Gasteiger partial charge < -0.3 is 4.74 Å². The third-order valence-corrected chi connectivity index (χ3v) is 1.77. The molecule has 0 saturated heterocycles. The van der Waals surface area contributed by atoms with Crippen molar-refractivity contribution >= 4 is 11.6 Å². The van der Waals surface area contributed by atoms with Crippen LogP contribution in [0.4, 0.5) is 17.6 Å². The van der Waals surface area contributed by atoms with Gasteiger partial charge in [0.05, 0.1) is 5.88 Å². The van der Waals surface area contributed by atoms with Crippen LogP contribution in [0.25, 0.3) is 0 Å². The maximum absolute atomic E-state index is 12.9. The van der Waals surface area contributed by atoms with Crippen LogP contribution in [0.5, 0.6) is 5.75 Å². The number of alkyl halides is 3. The van der Waals surface area contributed by atoms with Gasteiger partial charge in [-0.2, -0.15) is 13.2 Å². The van der Waals surface area contributed by atoms with Crippen molar-refractivity contribution in [1.29, 1.82) is 0 Å². The summed E-state index contributed by atoms with van der Waals surface area (Å²) < 4.78 is 52.9. The maximum Gasteiger partial charge on any atom is 0.387 e. The van der Waals surface area contributed by atoms with Gasteiger partial charge in [0, 0.05) is 5.56 Å². The molecule has 0 N–H and O–H groups in total. The van der Waals surface area contributed by atoms with Gasteiger partial charge in [0.2, 0.25) is 5.82 Å². The van der Waals surface area contributed by atoms with E-state index in [0.29, 0.717) is 0 Å². The average Bonchev–Trinajstić information content (AvgIpc) is 2.13. The molecule has 0 unspecified atom stereocenters. The van der Waals surface area contributed by atoms with E-state index in [2.05, 4.69) is 4.74 Å². The molecule has 0 fully saturated rings. The first-order valence-corrected chi connectivity index (χ1v) is 4.07. The normalized spacial score (nSPS) is 10.7. The summed E-state index contributed by atoms with van der Waals surface area (Å²) in [5.41, 5.74) is -0.0223. The van der Waals surface area contributed by atoms with Crippen LogP contribution in [0.15, 0.2) is 12.1 Å². The van der Waals surface area contributed by atoms with E-state index in [1.54, 1.807) is 0 Å². The highest BCUT2D eigenvalue weighted by atomic mass is 35.5. The fraction of sp³-hybridized carbons (Fsp3) is 0.250. The first-order valence-electron chi connectivity index (χ1n) is 3.54. The van der Waals surface area contributed by atoms with Gasteiger partial charge in [0.25, 0.3) is 0 Å². The number of hydrogen-bond acceptors (Lipinski definition) is 1. The van der Waals surface area contributed by atoms with Gasteiger partial charge >= 0.3 is 6.61 Å². The zero-order valence-corrected chi connectivity index (χ0v) is 7.49. The molecule has 0 aliphatic heterocycles. The quantitative estimate of drug-likeness (QED) is 0.570. The maximum atomic E-state index is 12.9. The fourth-order valence-electron chi connectivity index (χ4n) is 0.894. The van der Waals surface area contributed by atoms with Gasteiger partial charge in [0.15, 0.2) is 11.6 Å². The van der Waals surface area contributed by atoms with E-state index in [4.69, 9.17) is 11.6 Å². The highest BCUT2D eigenvalue weighted by molar-refractivity contribution is 6.17. The molecular formula is C8H5ClF4O. The molecule has 1 aromatic rings. The molecule has 1 nitrogen and oxygen atoms in total. The van der Waals surface area contributed by atoms with Gasteiger partial charge in [-0.05, 0) is 6.07 Å². The summed E-state index contributed by atoms with van der Waals surface area (Å²) in [5, 5.41) is 0. The Kier molecular flexibility index (Phi) is 3.57. The van der Waals surface area contributed by atoms with Crippen molar-refractivity contribution in [1.82, 2.24) is 0 Å². The van der Waals surface area contributed by atoms with Crippen molar-refractivity contribution in [2.75, 3.05) is 0 Å². The minimum absolute atomic E-state index is 0.0223. The number of hydrogen-bond donors (Lipinski definition) is 0. The van der Waals surface area contributed by atoms with E-state index in [1.165, 1.54) is 0 Å². The van der Waals surface area contributed by atoms with Gasteiger partial charge in [-0.1, -0.05) is 6.07 Å². The minimum Gasteiger partial charge on any atom is -0.431 e. The van der Waals surface area contributed by atoms with Crippen molar-refractivity contribution in [2.45, 2.75) is 12.5 Å². The molecule has 1 aromatic carbocycles. The van der Waals surface area contributed by atoms with Gasteiger partial charge in [-0.3, -0.25) is 0 Å². The lowest BCUT2D eigenvalue weighted by atomic mass is 10.2. The fourth-order valence-corrected chi connectivity index (χ4v) is 1.10. The molecule has 1 rings (SSSR count). The molecular weight excluding hydrogens is 224 g/mol. The highest BCUT2D eigenvalue weighted by Gasteiger charge is 2.17. The Morgan fingerprint density at radius 2 is 1.93 bits per heavy atom. The molecule has 0 spiro atoms. The second-order valence-electron chi connectivity index (χ2n) is 2.36. The molecule has 0 atom stereocenters. The molecule has 14 heavy (non-hydrogen) atoms. The molecule has 0 aromatic heterocycles. The summed E-state index contributed by atoms with van der Waals surface area (Å²) in [4.78, 5) is 0. The molecule has 0 saturated carbocycles. The zero-order chi connectivity index (χ0) is 10.7. The predicted octanol–water partition coefficient (Wildman–Crippen LogP) is 3.31. The van der Waals surface area contributed by atoms with E-state index in [1.807, 2.05) is 0 Å². The summed E-state index contributed by atoms with van der Waals surface area (Å²) >= 11 is 5.33.